The minimum atomic E-state index is -0.440. The predicted octanol–water partition coefficient (Wildman–Crippen LogP) is 7.13. The van der Waals surface area contributed by atoms with E-state index in [1.54, 1.807) is 13.2 Å². The predicted molar refractivity (Wildman–Crippen MR) is 157 cm³/mol. The molecule has 0 fully saturated rings. The largest absolute Gasteiger partial charge is 0.490 e. The summed E-state index contributed by atoms with van der Waals surface area (Å²) in [6.07, 6.45) is 4.97. The van der Waals surface area contributed by atoms with E-state index in [0.29, 0.717) is 50.7 Å². The van der Waals surface area contributed by atoms with Gasteiger partial charge in [0.25, 0.3) is 0 Å². The van der Waals surface area contributed by atoms with Gasteiger partial charge in [-0.1, -0.05) is 40.3 Å². The zero-order chi connectivity index (χ0) is 28.5. The van der Waals surface area contributed by atoms with Gasteiger partial charge >= 0.3 is 0 Å². The number of hydrogen-bond donors (Lipinski definition) is 0. The molecule has 0 spiro atoms. The summed E-state index contributed by atoms with van der Waals surface area (Å²) in [6.45, 7) is 16.5. The third kappa shape index (κ3) is 6.04. The van der Waals surface area contributed by atoms with Gasteiger partial charge in [0, 0.05) is 61.6 Å². The molecule has 0 N–H and O–H groups in total. The van der Waals surface area contributed by atoms with Crippen molar-refractivity contribution in [3.63, 3.8) is 0 Å². The van der Waals surface area contributed by atoms with Crippen LogP contribution >= 0.6 is 15.9 Å². The van der Waals surface area contributed by atoms with Gasteiger partial charge in [-0.3, -0.25) is 9.59 Å². The second-order valence-electron chi connectivity index (χ2n) is 12.4. The first-order valence-electron chi connectivity index (χ1n) is 13.9. The maximum Gasteiger partial charge on any atom is 0.175 e. The lowest BCUT2D eigenvalue weighted by molar-refractivity contribution is -0.119. The molecule has 1 heterocycles. The summed E-state index contributed by atoms with van der Waals surface area (Å²) in [5, 5.41) is 0. The van der Waals surface area contributed by atoms with Crippen molar-refractivity contribution >= 4 is 27.5 Å². The van der Waals surface area contributed by atoms with Crippen molar-refractivity contribution in [3.8, 4) is 11.5 Å². The van der Waals surface area contributed by atoms with E-state index >= 15 is 0 Å². The molecule has 39 heavy (non-hydrogen) atoms. The van der Waals surface area contributed by atoms with Crippen LogP contribution < -0.4 is 9.47 Å². The molecular weight excluding hydrogens is 558 g/mol. The van der Waals surface area contributed by atoms with Crippen molar-refractivity contribution in [3.05, 3.63) is 57.4 Å². The van der Waals surface area contributed by atoms with E-state index in [4.69, 9.17) is 14.2 Å². The van der Waals surface area contributed by atoms with Gasteiger partial charge in [-0.2, -0.15) is 0 Å². The molecule has 0 saturated heterocycles. The molecule has 0 saturated carbocycles. The first-order chi connectivity index (χ1) is 18.4. The summed E-state index contributed by atoms with van der Waals surface area (Å²) in [5.74, 6) is 0.974. The molecule has 0 amide bonds. The summed E-state index contributed by atoms with van der Waals surface area (Å²) in [5.41, 5.74) is 4.18. The van der Waals surface area contributed by atoms with Crippen LogP contribution in [0.25, 0.3) is 0 Å². The Morgan fingerprint density at radius 2 is 1.59 bits per heavy atom. The Hall–Kier alpha value is -2.38. The number of benzene rings is 1. The van der Waals surface area contributed by atoms with E-state index in [1.807, 2.05) is 19.1 Å². The highest BCUT2D eigenvalue weighted by atomic mass is 79.9. The molecule has 1 aromatic carbocycles. The van der Waals surface area contributed by atoms with Gasteiger partial charge in [0.1, 0.15) is 6.61 Å². The molecule has 2 aliphatic carbocycles. The highest BCUT2D eigenvalue weighted by Crippen LogP contribution is 2.55. The Kier molecular flexibility index (Phi) is 8.82. The van der Waals surface area contributed by atoms with Crippen molar-refractivity contribution < 1.29 is 23.8 Å². The topological polar surface area (TPSA) is 65.1 Å². The molecule has 0 aromatic heterocycles. The highest BCUT2D eigenvalue weighted by Gasteiger charge is 2.49. The summed E-state index contributed by atoms with van der Waals surface area (Å²) >= 11 is 3.70. The van der Waals surface area contributed by atoms with Crippen LogP contribution in [0.2, 0.25) is 0 Å². The van der Waals surface area contributed by atoms with Crippen molar-refractivity contribution in [2.45, 2.75) is 72.6 Å². The molecule has 0 unspecified atom stereocenters. The lowest BCUT2D eigenvalue weighted by atomic mass is 9.63. The quantitative estimate of drug-likeness (QED) is 0.210. The number of nitrogens with zero attached hydrogens (tertiary/aromatic N) is 1. The number of halogens is 1. The van der Waals surface area contributed by atoms with Gasteiger partial charge in [-0.25, -0.2) is 0 Å². The minimum Gasteiger partial charge on any atom is -0.490 e. The molecule has 4 rings (SSSR count). The van der Waals surface area contributed by atoms with E-state index in [0.717, 1.165) is 51.8 Å². The standard InChI is InChI=1S/C32H42BrNO5/c1-8-12-39-30-21(33)14-20(15-26(30)38-9-2)27-28-22(16-31(3,4)18-24(28)35)34(11-10-13-37-7)23-17-32(5,6)19-25(36)29(23)27/h8,14-15,27H,1,9-13,16-19H2,2-7H3. The fraction of sp³-hybridized carbons (Fsp3) is 0.562. The summed E-state index contributed by atoms with van der Waals surface area (Å²) in [6, 6.07) is 3.94. The Balaban J connectivity index is 1.97. The van der Waals surface area contributed by atoms with Gasteiger partial charge in [-0.15, -0.1) is 0 Å². The summed E-state index contributed by atoms with van der Waals surface area (Å²) in [7, 11) is 1.71. The van der Waals surface area contributed by atoms with Gasteiger partial charge in [0.05, 0.1) is 11.1 Å². The monoisotopic (exact) mass is 599 g/mol. The smallest absolute Gasteiger partial charge is 0.175 e. The molecule has 0 bridgehead atoms. The van der Waals surface area contributed by atoms with Gasteiger partial charge < -0.3 is 19.1 Å². The van der Waals surface area contributed by atoms with E-state index in [9.17, 15) is 9.59 Å². The third-order valence-corrected chi connectivity index (χ3v) is 8.35. The normalized spacial score (nSPS) is 20.6. The van der Waals surface area contributed by atoms with Crippen LogP contribution in [0.5, 0.6) is 11.5 Å². The highest BCUT2D eigenvalue weighted by molar-refractivity contribution is 9.10. The van der Waals surface area contributed by atoms with Crippen LogP contribution in [0.4, 0.5) is 0 Å². The Morgan fingerprint density at radius 3 is 2.10 bits per heavy atom. The minimum absolute atomic E-state index is 0.119. The van der Waals surface area contributed by atoms with Crippen molar-refractivity contribution in [1.29, 1.82) is 0 Å². The second kappa shape index (κ2) is 11.6. The number of Topliss-reactive ketones (excluding diaryl/α,β-unsaturated/α-hetero) is 2. The lowest BCUT2D eigenvalue weighted by Crippen LogP contribution is -2.44. The van der Waals surface area contributed by atoms with Crippen LogP contribution in [0.3, 0.4) is 0 Å². The zero-order valence-electron chi connectivity index (χ0n) is 24.2. The van der Waals surface area contributed by atoms with Crippen LogP contribution in [-0.4, -0.2) is 49.9 Å². The lowest BCUT2D eigenvalue weighted by Gasteiger charge is -2.49. The van der Waals surface area contributed by atoms with Crippen molar-refractivity contribution in [2.75, 3.05) is 33.5 Å². The number of ketones is 2. The van der Waals surface area contributed by atoms with Crippen LogP contribution in [0.1, 0.15) is 78.2 Å². The average Bonchev–Trinajstić information content (AvgIpc) is 2.82. The number of methoxy groups -OCH3 is 1. The molecule has 1 aromatic rings. The fourth-order valence-corrected chi connectivity index (χ4v) is 6.89. The number of hydrogen-bond acceptors (Lipinski definition) is 6. The van der Waals surface area contributed by atoms with Crippen LogP contribution in [0.15, 0.2) is 51.8 Å². The maximum atomic E-state index is 14.0. The number of allylic oxidation sites excluding steroid dienone is 4. The Bertz CT molecular complexity index is 1170. The molecular formula is C32H42BrNO5. The van der Waals surface area contributed by atoms with Gasteiger partial charge in [-0.05, 0) is 70.6 Å². The summed E-state index contributed by atoms with van der Waals surface area (Å²) < 4.78 is 18.0. The molecule has 1 aliphatic heterocycles. The van der Waals surface area contributed by atoms with Crippen molar-refractivity contribution in [1.82, 2.24) is 4.90 Å². The SMILES string of the molecule is C=CCOc1c(Br)cc(C2C3=C(CC(C)(C)CC3=O)N(CCCOC)C3=C2C(=O)CC(C)(C)C3)cc1OCC. The van der Waals surface area contributed by atoms with Crippen LogP contribution in [0, 0.1) is 10.8 Å². The van der Waals surface area contributed by atoms with E-state index in [2.05, 4.69) is 55.1 Å². The number of carbonyl (C=O) groups is 2. The van der Waals surface area contributed by atoms with E-state index in [1.165, 1.54) is 0 Å². The zero-order valence-corrected chi connectivity index (χ0v) is 25.8. The first kappa shape index (κ1) is 29.6. The molecule has 212 valence electrons. The first-order valence-corrected chi connectivity index (χ1v) is 14.7. The third-order valence-electron chi connectivity index (χ3n) is 7.76. The molecule has 6 nitrogen and oxygen atoms in total. The van der Waals surface area contributed by atoms with Crippen LogP contribution in [-0.2, 0) is 14.3 Å². The Labute approximate surface area is 241 Å². The summed E-state index contributed by atoms with van der Waals surface area (Å²) in [4.78, 5) is 30.3. The second-order valence-corrected chi connectivity index (χ2v) is 13.3. The van der Waals surface area contributed by atoms with Gasteiger partial charge in [0.15, 0.2) is 23.1 Å². The Morgan fingerprint density at radius 1 is 1.00 bits per heavy atom. The average molecular weight is 601 g/mol. The number of rotatable bonds is 10. The van der Waals surface area contributed by atoms with Crippen molar-refractivity contribution in [2.24, 2.45) is 10.8 Å². The van der Waals surface area contributed by atoms with Gasteiger partial charge in [0.2, 0.25) is 0 Å². The number of carbonyl (C=O) groups excluding carboxylic acids is 2. The molecule has 7 heteroatoms. The fourth-order valence-electron chi connectivity index (χ4n) is 6.32. The molecule has 0 radical (unpaired) electrons. The molecule has 0 atom stereocenters. The van der Waals surface area contributed by atoms with E-state index < -0.39 is 5.92 Å². The molecule has 3 aliphatic rings. The maximum absolute atomic E-state index is 14.0. The van der Waals surface area contributed by atoms with E-state index in [-0.39, 0.29) is 22.4 Å². The number of ether oxygens (including phenoxy) is 3.